The number of hydrogen-bond acceptors (Lipinski definition) is 9. The third-order valence-electron chi connectivity index (χ3n) is 6.98. The normalized spacial score (nSPS) is 27.9. The summed E-state index contributed by atoms with van der Waals surface area (Å²) in [6.45, 7) is 3.38. The van der Waals surface area contributed by atoms with Gasteiger partial charge in [0.1, 0.15) is 5.70 Å². The summed E-state index contributed by atoms with van der Waals surface area (Å²) in [5.74, 6) is -1.97. The van der Waals surface area contributed by atoms with Gasteiger partial charge in [-0.25, -0.2) is 5.32 Å². The van der Waals surface area contributed by atoms with Gasteiger partial charge in [0.15, 0.2) is 11.0 Å². The monoisotopic (exact) mass is 584 g/mol. The van der Waals surface area contributed by atoms with Crippen molar-refractivity contribution in [2.24, 2.45) is 10.1 Å². The summed E-state index contributed by atoms with van der Waals surface area (Å²) in [5.41, 5.74) is 6.40. The number of benzene rings is 2. The lowest BCUT2D eigenvalue weighted by atomic mass is 10.0. The van der Waals surface area contributed by atoms with Crippen LogP contribution in [0.5, 0.6) is 0 Å². The number of halogens is 3. The standard InChI is InChI=1S/C28H27F3N6O3S/c1-26(28(29,30)31)34-21(22(41-26)17-12-14-39-15-13-17)25-36-37-27(2,40-25)35-23-24(38)32-19-11-7-6-10-18(19)20(33-23)16-8-4-3-5-9-16/h3-12,23,34-35,37H,13-15H2,1-2H3,(H,32,38)/t23-,26?,27?/m1/s1. The van der Waals surface area contributed by atoms with Gasteiger partial charge in [-0.15, -0.1) is 5.10 Å². The van der Waals surface area contributed by atoms with E-state index in [1.54, 1.807) is 19.1 Å². The molecule has 6 rings (SSSR count). The predicted octanol–water partition coefficient (Wildman–Crippen LogP) is 4.17. The largest absolute Gasteiger partial charge is 0.433 e. The Morgan fingerprint density at radius 1 is 1.10 bits per heavy atom. The Balaban J connectivity index is 1.29. The molecule has 3 atom stereocenters. The van der Waals surface area contributed by atoms with Gasteiger partial charge >= 0.3 is 6.18 Å². The molecule has 0 aliphatic carbocycles. The maximum atomic E-state index is 14.1. The Morgan fingerprint density at radius 2 is 1.85 bits per heavy atom. The van der Waals surface area contributed by atoms with E-state index < -0.39 is 29.0 Å². The molecule has 41 heavy (non-hydrogen) atoms. The molecule has 4 aliphatic rings. The van der Waals surface area contributed by atoms with Crippen LogP contribution in [0, 0.1) is 0 Å². The van der Waals surface area contributed by atoms with Gasteiger partial charge in [-0.1, -0.05) is 66.4 Å². The predicted molar refractivity (Wildman–Crippen MR) is 150 cm³/mol. The first-order valence-electron chi connectivity index (χ1n) is 13.0. The molecule has 0 fully saturated rings. The Labute approximate surface area is 238 Å². The molecular formula is C28H27F3N6O3S. The first-order valence-corrected chi connectivity index (χ1v) is 13.8. The van der Waals surface area contributed by atoms with Gasteiger partial charge in [-0.3, -0.25) is 15.2 Å². The Morgan fingerprint density at radius 3 is 2.59 bits per heavy atom. The van der Waals surface area contributed by atoms with E-state index in [9.17, 15) is 18.0 Å². The zero-order valence-corrected chi connectivity index (χ0v) is 22.9. The fourth-order valence-electron chi connectivity index (χ4n) is 4.82. The summed E-state index contributed by atoms with van der Waals surface area (Å²) in [5, 5.41) is 12.8. The number of fused-ring (bicyclic) bond motifs is 1. The summed E-state index contributed by atoms with van der Waals surface area (Å²) in [6, 6.07) is 16.8. The quantitative estimate of drug-likeness (QED) is 0.418. The van der Waals surface area contributed by atoms with Crippen molar-refractivity contribution < 1.29 is 27.4 Å². The van der Waals surface area contributed by atoms with Crippen LogP contribution < -0.4 is 21.4 Å². The van der Waals surface area contributed by atoms with Crippen LogP contribution in [0.3, 0.4) is 0 Å². The number of nitrogens with zero attached hydrogens (tertiary/aromatic N) is 2. The molecule has 0 spiro atoms. The highest BCUT2D eigenvalue weighted by Gasteiger charge is 2.58. The number of alkyl halides is 3. The second kappa shape index (κ2) is 10.2. The molecule has 13 heteroatoms. The van der Waals surface area contributed by atoms with Crippen LogP contribution in [-0.4, -0.2) is 53.8 Å². The van der Waals surface area contributed by atoms with Crippen LogP contribution >= 0.6 is 11.8 Å². The van der Waals surface area contributed by atoms with Crippen LogP contribution in [0.25, 0.3) is 0 Å². The topological polar surface area (TPSA) is 108 Å². The van der Waals surface area contributed by atoms with Gasteiger partial charge in [-0.05, 0) is 25.0 Å². The lowest BCUT2D eigenvalue weighted by molar-refractivity contribution is -0.159. The number of anilines is 1. The van der Waals surface area contributed by atoms with Gasteiger partial charge < -0.3 is 20.1 Å². The highest BCUT2D eigenvalue weighted by atomic mass is 32.2. The second-order valence-corrected chi connectivity index (χ2v) is 11.5. The first-order chi connectivity index (χ1) is 19.6. The number of hydrazone groups is 1. The Hall–Kier alpha value is -3.81. The van der Waals surface area contributed by atoms with E-state index in [0.717, 1.165) is 23.6 Å². The fourth-order valence-corrected chi connectivity index (χ4v) is 6.06. The molecule has 2 aromatic carbocycles. The van der Waals surface area contributed by atoms with Gasteiger partial charge in [0.2, 0.25) is 0 Å². The zero-order chi connectivity index (χ0) is 28.8. The Bertz CT molecular complexity index is 1510. The summed E-state index contributed by atoms with van der Waals surface area (Å²) in [7, 11) is 0. The van der Waals surface area contributed by atoms with Crippen molar-refractivity contribution in [2.75, 3.05) is 18.5 Å². The van der Waals surface area contributed by atoms with Gasteiger partial charge in [-0.2, -0.15) is 13.2 Å². The third-order valence-corrected chi connectivity index (χ3v) is 8.40. The van der Waals surface area contributed by atoms with Gasteiger partial charge in [0.25, 0.3) is 17.7 Å². The average Bonchev–Trinajstić information content (AvgIpc) is 3.49. The van der Waals surface area contributed by atoms with Gasteiger partial charge in [0, 0.05) is 23.0 Å². The van der Waals surface area contributed by atoms with Crippen molar-refractivity contribution in [1.29, 1.82) is 0 Å². The number of benzodiazepines with no additional fused rings is 1. The molecule has 0 radical (unpaired) electrons. The highest BCUT2D eigenvalue weighted by Crippen LogP contribution is 2.51. The number of amides is 1. The zero-order valence-electron chi connectivity index (χ0n) is 22.1. The number of para-hydroxylation sites is 1. The first kappa shape index (κ1) is 27.4. The van der Waals surface area contributed by atoms with Crippen molar-refractivity contribution in [1.82, 2.24) is 16.1 Å². The highest BCUT2D eigenvalue weighted by molar-refractivity contribution is 8.05. The van der Waals surface area contributed by atoms with Crippen molar-refractivity contribution in [3.8, 4) is 0 Å². The van der Waals surface area contributed by atoms with E-state index in [0.29, 0.717) is 47.7 Å². The molecule has 0 bridgehead atoms. The molecule has 4 aliphatic heterocycles. The van der Waals surface area contributed by atoms with Crippen molar-refractivity contribution in [3.05, 3.63) is 88.0 Å². The van der Waals surface area contributed by atoms with E-state index >= 15 is 0 Å². The molecule has 4 heterocycles. The second-order valence-electron chi connectivity index (χ2n) is 10.1. The molecule has 2 aromatic rings. The number of aliphatic imine (C=N–C) groups is 1. The maximum absolute atomic E-state index is 14.1. The SMILES string of the molecule is CC1(N[C@H]2N=C(c3ccccc3)c3ccccc3NC2=O)NN=C(C2=C(C3=CCOCC3)SC(C)(C(F)(F)F)N2)O1. The van der Waals surface area contributed by atoms with Crippen LogP contribution in [0.4, 0.5) is 18.9 Å². The fraction of sp³-hybridized carbons (Fsp3) is 0.321. The summed E-state index contributed by atoms with van der Waals surface area (Å²) in [4.78, 5) is 16.2. The molecule has 0 saturated carbocycles. The van der Waals surface area contributed by atoms with E-state index in [1.165, 1.54) is 0 Å². The van der Waals surface area contributed by atoms with Crippen molar-refractivity contribution in [3.63, 3.8) is 0 Å². The summed E-state index contributed by atoms with van der Waals surface area (Å²) < 4.78 is 53.6. The van der Waals surface area contributed by atoms with Crippen molar-refractivity contribution in [2.45, 2.75) is 43.3 Å². The van der Waals surface area contributed by atoms with E-state index in [2.05, 4.69) is 26.5 Å². The number of thioether (sulfide) groups is 1. The molecule has 1 amide bonds. The van der Waals surface area contributed by atoms with Gasteiger partial charge in [0.05, 0.1) is 24.6 Å². The van der Waals surface area contributed by atoms with Crippen LogP contribution in [-0.2, 0) is 14.3 Å². The van der Waals surface area contributed by atoms with Crippen LogP contribution in [0.2, 0.25) is 0 Å². The minimum absolute atomic E-state index is 0.0626. The number of carbonyl (C=O) groups excluding carboxylic acids is 1. The molecule has 0 aromatic heterocycles. The molecular weight excluding hydrogens is 557 g/mol. The molecule has 0 saturated heterocycles. The van der Waals surface area contributed by atoms with Crippen molar-refractivity contribution >= 4 is 35.0 Å². The average molecular weight is 585 g/mol. The van der Waals surface area contributed by atoms with E-state index in [4.69, 9.17) is 14.5 Å². The number of nitrogens with one attached hydrogen (secondary N) is 4. The Kier molecular flexibility index (Phi) is 6.83. The number of carbonyl (C=O) groups is 1. The molecule has 2 unspecified atom stereocenters. The van der Waals surface area contributed by atoms with Crippen LogP contribution in [0.1, 0.15) is 31.4 Å². The number of allylic oxidation sites excluding steroid dienone is 1. The third kappa shape index (κ3) is 5.20. The maximum Gasteiger partial charge on any atom is 0.421 e. The smallest absolute Gasteiger partial charge is 0.421 e. The lowest BCUT2D eigenvalue weighted by Gasteiger charge is -2.29. The lowest BCUT2D eigenvalue weighted by Crippen LogP contribution is -2.58. The minimum Gasteiger partial charge on any atom is -0.433 e. The summed E-state index contributed by atoms with van der Waals surface area (Å²) >= 11 is 0.676. The van der Waals surface area contributed by atoms with Crippen LogP contribution in [0.15, 0.2) is 86.9 Å². The number of ether oxygens (including phenoxy) is 2. The van der Waals surface area contributed by atoms with E-state index in [-0.39, 0.29) is 11.6 Å². The molecule has 9 nitrogen and oxygen atoms in total. The molecule has 214 valence electrons. The van der Waals surface area contributed by atoms with E-state index in [1.807, 2.05) is 48.5 Å². The number of hydrogen-bond donors (Lipinski definition) is 4. The minimum atomic E-state index is -4.56. The molecule has 4 N–H and O–H groups in total. The number of rotatable bonds is 5. The summed E-state index contributed by atoms with van der Waals surface area (Å²) in [6.07, 6.45) is -3.45.